The highest BCUT2D eigenvalue weighted by molar-refractivity contribution is 7.56. The van der Waals surface area contributed by atoms with Gasteiger partial charge in [0.05, 0.1) is 0 Å². The maximum absolute atomic E-state index is 13.5. The molecule has 0 aliphatic rings. The van der Waals surface area contributed by atoms with Gasteiger partial charge in [-0.1, -0.05) is 66.7 Å². The van der Waals surface area contributed by atoms with Crippen molar-refractivity contribution in [2.75, 3.05) is 5.09 Å². The van der Waals surface area contributed by atoms with E-state index in [2.05, 4.69) is 5.09 Å². The average molecular weight is 375 g/mol. The molecule has 0 aromatic heterocycles. The lowest BCUT2D eigenvalue weighted by Gasteiger charge is -2.21. The summed E-state index contributed by atoms with van der Waals surface area (Å²) in [6.07, 6.45) is 0. The van der Waals surface area contributed by atoms with Crippen molar-refractivity contribution in [2.45, 2.75) is 0 Å². The minimum atomic E-state index is -3.71. The van der Waals surface area contributed by atoms with E-state index in [0.717, 1.165) is 10.8 Å². The highest BCUT2D eigenvalue weighted by Gasteiger charge is 2.29. The lowest BCUT2D eigenvalue weighted by atomic mass is 10.1. The molecule has 0 amide bonds. The zero-order valence-electron chi connectivity index (χ0n) is 14.5. The maximum atomic E-state index is 13.5. The molecule has 0 saturated heterocycles. The Hall–Kier alpha value is -3.23. The molecule has 5 heteroatoms. The third-order valence-corrected chi connectivity index (χ3v) is 5.39. The second kappa shape index (κ2) is 7.56. The molecule has 0 spiro atoms. The Morgan fingerprint density at radius 1 is 0.593 bits per heavy atom. The molecule has 0 heterocycles. The Morgan fingerprint density at radius 2 is 1.11 bits per heavy atom. The predicted octanol–water partition coefficient (Wildman–Crippen LogP) is 6.52. The number of nitrogens with one attached hydrogen (secondary N) is 1. The molecule has 1 N–H and O–H groups in total. The van der Waals surface area contributed by atoms with Crippen molar-refractivity contribution in [2.24, 2.45) is 0 Å². The summed E-state index contributed by atoms with van der Waals surface area (Å²) < 4.78 is 25.0. The third-order valence-electron chi connectivity index (χ3n) is 3.95. The molecule has 0 atom stereocenters. The van der Waals surface area contributed by atoms with Crippen LogP contribution in [0, 0.1) is 0 Å². The fraction of sp³-hybridized carbons (Fsp3) is 0. The molecule has 4 aromatic carbocycles. The molecule has 27 heavy (non-hydrogen) atoms. The molecule has 0 saturated carbocycles. The standard InChI is InChI=1S/C22H18NO3P/c24-27(25-21-11-3-1-4-12-21,26-22-13-5-2-6-14-22)23-20-16-15-18-9-7-8-10-19(18)17-20/h1-17H,(H,23,24). The van der Waals surface area contributed by atoms with E-state index in [1.165, 1.54) is 0 Å². The van der Waals surface area contributed by atoms with Crippen LogP contribution in [0.5, 0.6) is 11.5 Å². The Balaban J connectivity index is 1.66. The summed E-state index contributed by atoms with van der Waals surface area (Å²) in [4.78, 5) is 0. The molecular weight excluding hydrogens is 357 g/mol. The molecule has 0 bridgehead atoms. The number of fused-ring (bicyclic) bond motifs is 1. The lowest BCUT2D eigenvalue weighted by Crippen LogP contribution is -2.09. The number of anilines is 1. The smallest absolute Gasteiger partial charge is 0.400 e. The molecule has 4 rings (SSSR count). The van der Waals surface area contributed by atoms with Crippen LogP contribution in [-0.4, -0.2) is 0 Å². The first kappa shape index (κ1) is 17.2. The van der Waals surface area contributed by atoms with Gasteiger partial charge in [0, 0.05) is 5.69 Å². The molecule has 0 radical (unpaired) electrons. The van der Waals surface area contributed by atoms with Crippen LogP contribution in [0.15, 0.2) is 103 Å². The zero-order valence-corrected chi connectivity index (χ0v) is 15.4. The van der Waals surface area contributed by atoms with Crippen LogP contribution < -0.4 is 14.1 Å². The lowest BCUT2D eigenvalue weighted by molar-refractivity contribution is 0.393. The summed E-state index contributed by atoms with van der Waals surface area (Å²) in [7, 11) is -3.71. The quantitative estimate of drug-likeness (QED) is 0.390. The first-order chi connectivity index (χ1) is 13.2. The minimum absolute atomic E-state index is 0.463. The van der Waals surface area contributed by atoms with Crippen molar-refractivity contribution in [1.82, 2.24) is 0 Å². The number of hydrogen-bond donors (Lipinski definition) is 1. The van der Waals surface area contributed by atoms with E-state index in [9.17, 15) is 4.57 Å². The van der Waals surface area contributed by atoms with Crippen LogP contribution in [0.3, 0.4) is 0 Å². The van der Waals surface area contributed by atoms with Gasteiger partial charge in [-0.2, -0.15) is 0 Å². The predicted molar refractivity (Wildman–Crippen MR) is 109 cm³/mol. The summed E-state index contributed by atoms with van der Waals surface area (Å²) >= 11 is 0. The highest BCUT2D eigenvalue weighted by Crippen LogP contribution is 2.48. The van der Waals surface area contributed by atoms with Gasteiger partial charge in [0.15, 0.2) is 0 Å². The van der Waals surface area contributed by atoms with E-state index in [0.29, 0.717) is 17.2 Å². The van der Waals surface area contributed by atoms with E-state index in [-0.39, 0.29) is 0 Å². The molecule has 0 unspecified atom stereocenters. The Morgan fingerprint density at radius 3 is 1.70 bits per heavy atom. The molecule has 0 aliphatic heterocycles. The first-order valence-electron chi connectivity index (χ1n) is 8.57. The number of rotatable bonds is 6. The van der Waals surface area contributed by atoms with Gasteiger partial charge in [-0.3, -0.25) is 5.09 Å². The van der Waals surface area contributed by atoms with Gasteiger partial charge in [-0.15, -0.1) is 0 Å². The van der Waals surface area contributed by atoms with Crippen molar-refractivity contribution < 1.29 is 13.6 Å². The van der Waals surface area contributed by atoms with E-state index in [4.69, 9.17) is 9.05 Å². The fourth-order valence-electron chi connectivity index (χ4n) is 2.72. The third kappa shape index (κ3) is 4.30. The van der Waals surface area contributed by atoms with Crippen LogP contribution >= 0.6 is 7.75 Å². The second-order valence-corrected chi connectivity index (χ2v) is 7.56. The highest BCUT2D eigenvalue weighted by atomic mass is 31.2. The van der Waals surface area contributed by atoms with Crippen molar-refractivity contribution in [3.63, 3.8) is 0 Å². The Labute approximate surface area is 158 Å². The van der Waals surface area contributed by atoms with Crippen molar-refractivity contribution in [3.8, 4) is 11.5 Å². The van der Waals surface area contributed by atoms with Gasteiger partial charge in [-0.25, -0.2) is 4.57 Å². The van der Waals surface area contributed by atoms with Crippen LogP contribution in [-0.2, 0) is 4.57 Å². The maximum Gasteiger partial charge on any atom is 0.541 e. The van der Waals surface area contributed by atoms with E-state index < -0.39 is 7.75 Å². The summed E-state index contributed by atoms with van der Waals surface area (Å²) in [5.41, 5.74) is 0.656. The van der Waals surface area contributed by atoms with E-state index in [1.54, 1.807) is 24.3 Å². The van der Waals surface area contributed by atoms with Crippen LogP contribution in [0.1, 0.15) is 0 Å². The van der Waals surface area contributed by atoms with Crippen LogP contribution in [0.4, 0.5) is 5.69 Å². The van der Waals surface area contributed by atoms with E-state index in [1.807, 2.05) is 78.9 Å². The molecule has 134 valence electrons. The SMILES string of the molecule is O=P(Nc1ccc2ccccc2c1)(Oc1ccccc1)Oc1ccccc1. The normalized spacial score (nSPS) is 11.1. The number of para-hydroxylation sites is 2. The van der Waals surface area contributed by atoms with Crippen molar-refractivity contribution in [3.05, 3.63) is 103 Å². The summed E-state index contributed by atoms with van der Waals surface area (Å²) in [5.74, 6) is 0.926. The summed E-state index contributed by atoms with van der Waals surface area (Å²) in [5, 5.41) is 5.09. The summed E-state index contributed by atoms with van der Waals surface area (Å²) in [6.45, 7) is 0. The van der Waals surface area contributed by atoms with Gasteiger partial charge < -0.3 is 9.05 Å². The summed E-state index contributed by atoms with van der Waals surface area (Å²) in [6, 6.07) is 31.7. The fourth-order valence-corrected chi connectivity index (χ4v) is 4.10. The Bertz CT molecular complexity index is 1040. The van der Waals surface area contributed by atoms with Gasteiger partial charge in [-0.05, 0) is 47.2 Å². The number of hydrogen-bond acceptors (Lipinski definition) is 3. The zero-order chi connectivity index (χ0) is 18.5. The van der Waals surface area contributed by atoms with Gasteiger partial charge >= 0.3 is 7.75 Å². The minimum Gasteiger partial charge on any atom is -0.400 e. The number of benzene rings is 4. The van der Waals surface area contributed by atoms with Gasteiger partial charge in [0.1, 0.15) is 11.5 Å². The largest absolute Gasteiger partial charge is 0.541 e. The van der Waals surface area contributed by atoms with Crippen LogP contribution in [0.25, 0.3) is 10.8 Å². The van der Waals surface area contributed by atoms with Crippen molar-refractivity contribution in [1.29, 1.82) is 0 Å². The van der Waals surface area contributed by atoms with Crippen molar-refractivity contribution >= 4 is 24.2 Å². The first-order valence-corrected chi connectivity index (χ1v) is 10.1. The molecule has 4 aromatic rings. The Kier molecular flexibility index (Phi) is 4.82. The molecule has 0 fully saturated rings. The average Bonchev–Trinajstić information content (AvgIpc) is 2.69. The molecule has 4 nitrogen and oxygen atoms in total. The van der Waals surface area contributed by atoms with Gasteiger partial charge in [0.2, 0.25) is 0 Å². The second-order valence-electron chi connectivity index (χ2n) is 5.98. The van der Waals surface area contributed by atoms with E-state index >= 15 is 0 Å². The monoisotopic (exact) mass is 375 g/mol. The molecule has 0 aliphatic carbocycles. The molecular formula is C22H18NO3P. The topological polar surface area (TPSA) is 47.6 Å². The van der Waals surface area contributed by atoms with Crippen LogP contribution in [0.2, 0.25) is 0 Å². The van der Waals surface area contributed by atoms with Gasteiger partial charge in [0.25, 0.3) is 0 Å².